The number of hydrogen-bond donors (Lipinski definition) is 1. The molecule has 0 unspecified atom stereocenters. The highest BCUT2D eigenvalue weighted by Crippen LogP contribution is 2.61. The standard InChI is InChI=1S/C24H32N2O3/c1-24-7-6-16-17(19(24)4-5-22(24)27)3-2-15-12-21-20(13-18(15)16)25-23(14-29-21)26-8-10-28-11-9-26/h12-13,16-17,19,22,27H,2-11,14H2,1H3/t16-,17+,19-,22-,24-/m0/s1. The van der Waals surface area contributed by atoms with Crippen LogP contribution < -0.4 is 4.74 Å². The second-order valence-corrected chi connectivity index (χ2v) is 9.99. The van der Waals surface area contributed by atoms with E-state index in [1.54, 1.807) is 0 Å². The Morgan fingerprint density at radius 3 is 2.86 bits per heavy atom. The smallest absolute Gasteiger partial charge is 0.146 e. The van der Waals surface area contributed by atoms with Crippen LogP contribution in [0.4, 0.5) is 5.69 Å². The molecule has 2 saturated carbocycles. The van der Waals surface area contributed by atoms with Crippen molar-refractivity contribution in [3.8, 4) is 5.75 Å². The number of nitrogens with zero attached hydrogens (tertiary/aromatic N) is 2. The average Bonchev–Trinajstić information content (AvgIpc) is 3.07. The van der Waals surface area contributed by atoms with Gasteiger partial charge >= 0.3 is 0 Å². The van der Waals surface area contributed by atoms with Crippen LogP contribution in [-0.2, 0) is 11.2 Å². The maximum atomic E-state index is 10.6. The van der Waals surface area contributed by atoms with E-state index in [0.29, 0.717) is 24.4 Å². The van der Waals surface area contributed by atoms with E-state index in [1.165, 1.54) is 30.4 Å². The minimum atomic E-state index is -0.104. The molecule has 1 aromatic carbocycles. The summed E-state index contributed by atoms with van der Waals surface area (Å²) in [5, 5.41) is 10.6. The Hall–Kier alpha value is -1.59. The maximum absolute atomic E-state index is 10.6. The van der Waals surface area contributed by atoms with Gasteiger partial charge in [-0.3, -0.25) is 0 Å². The second kappa shape index (κ2) is 6.71. The number of rotatable bonds is 0. The van der Waals surface area contributed by atoms with Gasteiger partial charge < -0.3 is 19.5 Å². The van der Waals surface area contributed by atoms with Gasteiger partial charge in [0.05, 0.1) is 19.3 Å². The van der Waals surface area contributed by atoms with Crippen LogP contribution in [-0.4, -0.2) is 54.9 Å². The van der Waals surface area contributed by atoms with Gasteiger partial charge in [0.1, 0.15) is 23.9 Å². The molecule has 1 aromatic rings. The van der Waals surface area contributed by atoms with E-state index in [1.807, 2.05) is 0 Å². The molecular formula is C24H32N2O3. The summed E-state index contributed by atoms with van der Waals surface area (Å²) in [6, 6.07) is 4.62. The third kappa shape index (κ3) is 2.77. The van der Waals surface area contributed by atoms with Crippen molar-refractivity contribution in [3.63, 3.8) is 0 Å². The molecule has 5 atom stereocenters. The minimum Gasteiger partial charge on any atom is -0.483 e. The van der Waals surface area contributed by atoms with Crippen molar-refractivity contribution < 1.29 is 14.6 Å². The number of fused-ring (bicyclic) bond motifs is 6. The number of aliphatic hydroxyl groups excluding tert-OH is 1. The lowest BCUT2D eigenvalue weighted by molar-refractivity contribution is -0.0226. The molecule has 3 aliphatic carbocycles. The SMILES string of the molecule is C[C@]12CC[C@@H]3c4cc5c(cc4CC[C@H]3[C@@H]1CC[C@@H]2O)OCC(N1CCOCC1)=N5. The van der Waals surface area contributed by atoms with E-state index < -0.39 is 0 Å². The summed E-state index contributed by atoms with van der Waals surface area (Å²) in [4.78, 5) is 7.34. The summed E-state index contributed by atoms with van der Waals surface area (Å²) in [6.07, 6.45) is 6.81. The number of benzene rings is 1. The fourth-order valence-electron chi connectivity index (χ4n) is 7.06. The molecule has 5 nitrogen and oxygen atoms in total. The number of hydrogen-bond acceptors (Lipinski definition) is 5. The van der Waals surface area contributed by atoms with E-state index in [2.05, 4.69) is 24.0 Å². The summed E-state index contributed by atoms with van der Waals surface area (Å²) in [5.41, 5.74) is 4.13. The zero-order valence-corrected chi connectivity index (χ0v) is 17.4. The van der Waals surface area contributed by atoms with Gasteiger partial charge in [0.2, 0.25) is 0 Å². The van der Waals surface area contributed by atoms with Gasteiger partial charge in [0.25, 0.3) is 0 Å². The van der Waals surface area contributed by atoms with Gasteiger partial charge in [-0.05, 0) is 85.0 Å². The van der Waals surface area contributed by atoms with Crippen LogP contribution in [0.5, 0.6) is 5.75 Å². The minimum absolute atomic E-state index is 0.104. The monoisotopic (exact) mass is 396 g/mol. The van der Waals surface area contributed by atoms with Crippen LogP contribution >= 0.6 is 0 Å². The Balaban J connectivity index is 1.33. The highest BCUT2D eigenvalue weighted by Gasteiger charge is 2.54. The third-order valence-corrected chi connectivity index (χ3v) is 8.74. The highest BCUT2D eigenvalue weighted by molar-refractivity contribution is 5.89. The van der Waals surface area contributed by atoms with Gasteiger partial charge in [0, 0.05) is 13.1 Å². The first-order valence-corrected chi connectivity index (χ1v) is 11.5. The van der Waals surface area contributed by atoms with Crippen LogP contribution in [0.3, 0.4) is 0 Å². The van der Waals surface area contributed by atoms with Gasteiger partial charge in [0.15, 0.2) is 0 Å². The quantitative estimate of drug-likeness (QED) is 0.727. The van der Waals surface area contributed by atoms with Crippen LogP contribution in [0.25, 0.3) is 0 Å². The summed E-state index contributed by atoms with van der Waals surface area (Å²) in [6.45, 7) is 6.25. The number of aliphatic hydroxyl groups is 1. The van der Waals surface area contributed by atoms with Crippen molar-refractivity contribution >= 4 is 11.5 Å². The summed E-state index contributed by atoms with van der Waals surface area (Å²) in [5.74, 6) is 4.00. The van der Waals surface area contributed by atoms with Crippen LogP contribution in [0, 0.1) is 17.3 Å². The molecule has 29 heavy (non-hydrogen) atoms. The first-order valence-electron chi connectivity index (χ1n) is 11.5. The maximum Gasteiger partial charge on any atom is 0.146 e. The lowest BCUT2D eigenvalue weighted by atomic mass is 9.55. The van der Waals surface area contributed by atoms with Gasteiger partial charge in [-0.15, -0.1) is 0 Å². The van der Waals surface area contributed by atoms with Crippen LogP contribution in [0.1, 0.15) is 56.1 Å². The molecule has 1 saturated heterocycles. The van der Waals surface area contributed by atoms with Crippen molar-refractivity contribution in [2.75, 3.05) is 32.9 Å². The predicted molar refractivity (Wildman–Crippen MR) is 112 cm³/mol. The molecular weight excluding hydrogens is 364 g/mol. The molecule has 6 rings (SSSR count). The average molecular weight is 397 g/mol. The summed E-state index contributed by atoms with van der Waals surface area (Å²) >= 11 is 0. The van der Waals surface area contributed by atoms with Crippen molar-refractivity contribution in [1.29, 1.82) is 0 Å². The van der Waals surface area contributed by atoms with Gasteiger partial charge in [-0.2, -0.15) is 0 Å². The number of amidine groups is 1. The second-order valence-electron chi connectivity index (χ2n) is 9.99. The molecule has 2 aliphatic heterocycles. The number of morpholine rings is 1. The first-order chi connectivity index (χ1) is 14.1. The van der Waals surface area contributed by atoms with Crippen LogP contribution in [0.2, 0.25) is 0 Å². The molecule has 1 N–H and O–H groups in total. The molecule has 0 spiro atoms. The summed E-state index contributed by atoms with van der Waals surface area (Å²) < 4.78 is 11.6. The fraction of sp³-hybridized carbons (Fsp3) is 0.708. The van der Waals surface area contributed by atoms with Crippen molar-refractivity contribution in [2.45, 2.75) is 57.5 Å². The highest BCUT2D eigenvalue weighted by atomic mass is 16.5. The molecule has 2 heterocycles. The van der Waals surface area contributed by atoms with E-state index in [0.717, 1.165) is 62.8 Å². The molecule has 156 valence electrons. The van der Waals surface area contributed by atoms with Gasteiger partial charge in [-0.1, -0.05) is 6.92 Å². The molecule has 5 heteroatoms. The lowest BCUT2D eigenvalue weighted by Crippen LogP contribution is -2.44. The third-order valence-electron chi connectivity index (χ3n) is 8.74. The Morgan fingerprint density at radius 1 is 1.14 bits per heavy atom. The fourth-order valence-corrected chi connectivity index (χ4v) is 7.06. The summed E-state index contributed by atoms with van der Waals surface area (Å²) in [7, 11) is 0. The van der Waals surface area contributed by atoms with Crippen molar-refractivity contribution in [3.05, 3.63) is 23.3 Å². The number of aliphatic imine (C=N–C) groups is 1. The van der Waals surface area contributed by atoms with Crippen molar-refractivity contribution in [2.24, 2.45) is 22.2 Å². The predicted octanol–water partition coefficient (Wildman–Crippen LogP) is 3.66. The Labute approximate surface area is 173 Å². The Morgan fingerprint density at radius 2 is 2.00 bits per heavy atom. The number of aryl methyl sites for hydroxylation is 1. The molecule has 0 radical (unpaired) electrons. The van der Waals surface area contributed by atoms with Crippen LogP contribution in [0.15, 0.2) is 17.1 Å². The van der Waals surface area contributed by atoms with E-state index >= 15 is 0 Å². The molecule has 0 amide bonds. The van der Waals surface area contributed by atoms with E-state index in [-0.39, 0.29) is 11.5 Å². The largest absolute Gasteiger partial charge is 0.483 e. The molecule has 3 fully saturated rings. The Kier molecular flexibility index (Phi) is 4.21. The molecule has 5 aliphatic rings. The zero-order valence-electron chi connectivity index (χ0n) is 17.4. The van der Waals surface area contributed by atoms with Gasteiger partial charge in [-0.25, -0.2) is 4.99 Å². The Bertz CT molecular complexity index is 847. The first kappa shape index (κ1) is 18.2. The van der Waals surface area contributed by atoms with E-state index in [4.69, 9.17) is 14.5 Å². The lowest BCUT2D eigenvalue weighted by Gasteiger charge is -2.50. The topological polar surface area (TPSA) is 54.3 Å². The van der Waals surface area contributed by atoms with E-state index in [9.17, 15) is 5.11 Å². The zero-order chi connectivity index (χ0) is 19.6. The normalized spacial score (nSPS) is 38.3. The number of ether oxygens (including phenoxy) is 2. The van der Waals surface area contributed by atoms with Crippen molar-refractivity contribution in [1.82, 2.24) is 4.90 Å². The molecule has 0 bridgehead atoms. The molecule has 0 aromatic heterocycles.